The number of hydrogen-bond acceptors (Lipinski definition) is 4. The minimum absolute atomic E-state index is 0.0230. The summed E-state index contributed by atoms with van der Waals surface area (Å²) < 4.78 is 5.63. The highest BCUT2D eigenvalue weighted by atomic mass is 35.5. The number of benzene rings is 2. The van der Waals surface area contributed by atoms with Crippen LogP contribution < -0.4 is 14.8 Å². The Morgan fingerprint density at radius 1 is 1.12 bits per heavy atom. The predicted octanol–water partition coefficient (Wildman–Crippen LogP) is 4.02. The fourth-order valence-corrected chi connectivity index (χ4v) is 4.43. The number of halogens is 2. The topological polar surface area (TPSA) is 83.8 Å². The Morgan fingerprint density at radius 2 is 1.85 bits per heavy atom. The minimum Gasteiger partial charge on any atom is -0.872 e. The molecule has 3 aromatic rings. The average Bonchev–Trinajstić information content (AvgIpc) is 3.04. The van der Waals surface area contributed by atoms with Crippen LogP contribution in [0.2, 0.25) is 10.0 Å². The van der Waals surface area contributed by atoms with Crippen LogP contribution in [0.1, 0.15) is 36.6 Å². The van der Waals surface area contributed by atoms with E-state index in [0.29, 0.717) is 16.3 Å². The van der Waals surface area contributed by atoms with Gasteiger partial charge in [-0.15, -0.1) is 0 Å². The van der Waals surface area contributed by atoms with Gasteiger partial charge in [0.1, 0.15) is 5.75 Å². The number of ether oxygens (including phenoxy) is 1. The maximum atomic E-state index is 13.5. The number of carbonyl (C=O) groups excluding carboxylic acids is 2. The summed E-state index contributed by atoms with van der Waals surface area (Å²) in [7, 11) is 0. The first-order valence-electron chi connectivity index (χ1n) is 10.7. The van der Waals surface area contributed by atoms with Gasteiger partial charge in [0.05, 0.1) is 18.7 Å². The summed E-state index contributed by atoms with van der Waals surface area (Å²) in [5, 5.41) is 14.2. The van der Waals surface area contributed by atoms with Crippen molar-refractivity contribution >= 4 is 40.7 Å². The fraction of sp³-hybridized carbons (Fsp3) is 0.192. The third-order valence-electron chi connectivity index (χ3n) is 5.40. The molecule has 1 atom stereocenters. The molecular weight excluding hydrogens is 475 g/mol. The van der Waals surface area contributed by atoms with E-state index in [9.17, 15) is 14.7 Å². The summed E-state index contributed by atoms with van der Waals surface area (Å²) in [4.78, 5) is 30.6. The average molecular weight is 497 g/mol. The molecule has 1 fully saturated rings. The maximum absolute atomic E-state index is 13.5. The van der Waals surface area contributed by atoms with Gasteiger partial charge in [0.2, 0.25) is 5.78 Å². The maximum Gasteiger partial charge on any atom is 0.295 e. The van der Waals surface area contributed by atoms with Crippen LogP contribution in [0, 0.1) is 0 Å². The summed E-state index contributed by atoms with van der Waals surface area (Å²) in [6.45, 7) is 3.91. The quantitative estimate of drug-likeness (QED) is 0.293. The molecule has 0 spiro atoms. The third-order valence-corrected chi connectivity index (χ3v) is 5.96. The lowest BCUT2D eigenvalue weighted by Crippen LogP contribution is -2.29. The molecule has 0 radical (unpaired) electrons. The van der Waals surface area contributed by atoms with Crippen LogP contribution in [0.15, 0.2) is 72.6 Å². The van der Waals surface area contributed by atoms with Crippen molar-refractivity contribution in [3.63, 3.8) is 0 Å². The fourth-order valence-electron chi connectivity index (χ4n) is 3.92. The van der Waals surface area contributed by atoms with Gasteiger partial charge in [0.15, 0.2) is 12.4 Å². The molecule has 1 aliphatic heterocycles. The second-order valence-corrected chi connectivity index (χ2v) is 9.02. The van der Waals surface area contributed by atoms with Crippen LogP contribution >= 0.6 is 23.2 Å². The Bertz CT molecular complexity index is 1260. The van der Waals surface area contributed by atoms with Crippen molar-refractivity contribution in [2.75, 3.05) is 0 Å². The van der Waals surface area contributed by atoms with Gasteiger partial charge in [-0.3, -0.25) is 9.59 Å². The van der Waals surface area contributed by atoms with Crippen molar-refractivity contribution in [1.82, 2.24) is 4.90 Å². The van der Waals surface area contributed by atoms with Crippen LogP contribution in [-0.2, 0) is 16.1 Å². The van der Waals surface area contributed by atoms with E-state index in [-0.39, 0.29) is 28.8 Å². The number of likely N-dealkylation sites (tertiary alicyclic amines) is 1. The van der Waals surface area contributed by atoms with Crippen LogP contribution in [0.5, 0.6) is 5.75 Å². The van der Waals surface area contributed by atoms with Crippen LogP contribution in [-0.4, -0.2) is 22.7 Å². The highest BCUT2D eigenvalue weighted by Crippen LogP contribution is 2.42. The van der Waals surface area contributed by atoms with Crippen molar-refractivity contribution in [3.05, 3.63) is 99.3 Å². The van der Waals surface area contributed by atoms with Gasteiger partial charge in [-0.05, 0) is 55.3 Å². The number of Topliss-reactive ketones (excluding diaryl/α,β-unsaturated/α-hetero) is 1. The second kappa shape index (κ2) is 9.87. The number of rotatable bonds is 6. The Balaban J connectivity index is 1.83. The van der Waals surface area contributed by atoms with Crippen LogP contribution in [0.25, 0.3) is 5.76 Å². The van der Waals surface area contributed by atoms with Gasteiger partial charge in [-0.25, -0.2) is 4.98 Å². The Morgan fingerprint density at radius 3 is 2.47 bits per heavy atom. The molecule has 6 nitrogen and oxygen atoms in total. The first-order chi connectivity index (χ1) is 16.3. The highest BCUT2D eigenvalue weighted by Gasteiger charge is 2.45. The molecule has 2 heterocycles. The smallest absolute Gasteiger partial charge is 0.295 e. The normalized spacial score (nSPS) is 17.4. The number of carbonyl (C=O) groups is 2. The Labute approximate surface area is 207 Å². The van der Waals surface area contributed by atoms with Gasteiger partial charge < -0.3 is 14.7 Å². The van der Waals surface area contributed by atoms with Crippen molar-refractivity contribution in [1.29, 1.82) is 0 Å². The largest absolute Gasteiger partial charge is 0.872 e. The summed E-state index contributed by atoms with van der Waals surface area (Å²) in [5.74, 6) is -1.54. The van der Waals surface area contributed by atoms with E-state index in [4.69, 9.17) is 27.9 Å². The van der Waals surface area contributed by atoms with E-state index in [2.05, 4.69) is 4.98 Å². The Hall–Kier alpha value is -3.35. The standard InChI is InChI=1S/C26H22Cl2N2O4/c1-15(2)34-19-8-5-17(6-9-19)24(31)22-23(20-10-7-18(27)12-21(20)28)30(26(33)25(22)32)14-16-4-3-11-29-13-16/h3-13,15,23,31H,14H2,1-2H3/b24-22+. The molecule has 4 rings (SSSR count). The zero-order valence-electron chi connectivity index (χ0n) is 18.5. The van der Waals surface area contributed by atoms with E-state index >= 15 is 0 Å². The number of pyridine rings is 1. The lowest BCUT2D eigenvalue weighted by Gasteiger charge is -2.28. The summed E-state index contributed by atoms with van der Waals surface area (Å²) in [5.41, 5.74) is 1.35. The lowest BCUT2D eigenvalue weighted by atomic mass is 9.95. The Kier molecular flexibility index (Phi) is 6.91. The molecule has 0 saturated carbocycles. The van der Waals surface area contributed by atoms with Gasteiger partial charge in [0, 0.05) is 27.2 Å². The number of aromatic amines is 1. The van der Waals surface area contributed by atoms with Crippen molar-refractivity contribution < 1.29 is 24.4 Å². The van der Waals surface area contributed by atoms with Crippen molar-refractivity contribution in [2.45, 2.75) is 32.5 Å². The first-order valence-corrected chi connectivity index (χ1v) is 11.5. The molecule has 1 unspecified atom stereocenters. The minimum atomic E-state index is -0.955. The zero-order valence-corrected chi connectivity index (χ0v) is 20.1. The molecule has 8 heteroatoms. The monoisotopic (exact) mass is 496 g/mol. The molecule has 0 aliphatic carbocycles. The number of aromatic nitrogens is 1. The summed E-state index contributed by atoms with van der Waals surface area (Å²) >= 11 is 12.5. The summed E-state index contributed by atoms with van der Waals surface area (Å²) in [6, 6.07) is 13.9. The molecule has 2 aromatic carbocycles. The van der Waals surface area contributed by atoms with Crippen LogP contribution in [0.3, 0.4) is 0 Å². The lowest BCUT2D eigenvalue weighted by molar-refractivity contribution is -0.378. The highest BCUT2D eigenvalue weighted by molar-refractivity contribution is 6.47. The van der Waals surface area contributed by atoms with Gasteiger partial charge in [-0.2, -0.15) is 0 Å². The van der Waals surface area contributed by atoms with Crippen LogP contribution in [0.4, 0.5) is 0 Å². The van der Waals surface area contributed by atoms with Crippen molar-refractivity contribution in [2.24, 2.45) is 0 Å². The molecular formula is C26H22Cl2N2O4. The summed E-state index contributed by atoms with van der Waals surface area (Å²) in [6.07, 6.45) is 3.44. The van der Waals surface area contributed by atoms with E-state index in [1.165, 1.54) is 11.0 Å². The third kappa shape index (κ3) is 4.79. The number of nitrogens with zero attached hydrogens (tertiary/aromatic N) is 1. The second-order valence-electron chi connectivity index (χ2n) is 8.18. The molecule has 1 saturated heterocycles. The number of nitrogens with one attached hydrogen (secondary N) is 1. The van der Waals surface area contributed by atoms with Gasteiger partial charge in [-0.1, -0.05) is 47.2 Å². The molecule has 1 aliphatic rings. The molecule has 34 heavy (non-hydrogen) atoms. The van der Waals surface area contributed by atoms with Crippen molar-refractivity contribution in [3.8, 4) is 5.75 Å². The van der Waals surface area contributed by atoms with Gasteiger partial charge >= 0.3 is 0 Å². The number of ketones is 1. The number of hydrogen-bond donors (Lipinski definition) is 0. The number of amides is 1. The van der Waals surface area contributed by atoms with Gasteiger partial charge in [0.25, 0.3) is 5.91 Å². The number of H-pyrrole nitrogens is 1. The zero-order chi connectivity index (χ0) is 24.4. The molecule has 0 bridgehead atoms. The van der Waals surface area contributed by atoms with E-state index in [1.54, 1.807) is 54.9 Å². The van der Waals surface area contributed by atoms with E-state index in [0.717, 1.165) is 5.56 Å². The molecule has 1 N–H and O–H groups in total. The SMILES string of the molecule is CC(C)Oc1ccc(/C([O-])=C2\C(=O)C(=O)N(Cc3ccc[nH+]c3)C2c2ccc(Cl)cc2Cl)cc1. The molecule has 1 aromatic heterocycles. The molecule has 174 valence electrons. The predicted molar refractivity (Wildman–Crippen MR) is 127 cm³/mol. The first kappa shape index (κ1) is 23.8. The van der Waals surface area contributed by atoms with E-state index < -0.39 is 23.5 Å². The molecule has 1 amide bonds. The van der Waals surface area contributed by atoms with E-state index in [1.807, 2.05) is 19.9 Å².